The quantitative estimate of drug-likeness (QED) is 0.755. The predicted molar refractivity (Wildman–Crippen MR) is 105 cm³/mol. The molecule has 0 aliphatic carbocycles. The second kappa shape index (κ2) is 6.65. The van der Waals surface area contributed by atoms with Gasteiger partial charge in [0.2, 0.25) is 5.95 Å². The van der Waals surface area contributed by atoms with E-state index >= 15 is 0 Å². The van der Waals surface area contributed by atoms with Gasteiger partial charge in [-0.05, 0) is 37.6 Å². The van der Waals surface area contributed by atoms with Crippen molar-refractivity contribution in [1.82, 2.24) is 9.97 Å². The van der Waals surface area contributed by atoms with Gasteiger partial charge in [-0.1, -0.05) is 29.8 Å². The first-order valence-electron chi connectivity index (χ1n) is 8.61. The number of fused-ring (bicyclic) bond motifs is 2. The van der Waals surface area contributed by atoms with Crippen LogP contribution >= 0.6 is 11.8 Å². The van der Waals surface area contributed by atoms with Gasteiger partial charge in [0.1, 0.15) is 0 Å². The summed E-state index contributed by atoms with van der Waals surface area (Å²) in [7, 11) is 0. The van der Waals surface area contributed by atoms with Crippen LogP contribution in [0, 0.1) is 6.92 Å². The molecule has 0 bridgehead atoms. The first-order valence-corrected chi connectivity index (χ1v) is 9.60. The van der Waals surface area contributed by atoms with Crippen LogP contribution in [-0.2, 0) is 6.54 Å². The number of nitrogens with zero attached hydrogens (tertiary/aromatic N) is 3. The molecular formula is C20H22N4S. The number of thioether (sulfide) groups is 1. The monoisotopic (exact) mass is 350 g/mol. The first-order chi connectivity index (χ1) is 12.1. The van der Waals surface area contributed by atoms with Crippen molar-refractivity contribution in [2.75, 3.05) is 17.2 Å². The van der Waals surface area contributed by atoms with Crippen molar-refractivity contribution in [3.8, 4) is 0 Å². The van der Waals surface area contributed by atoms with Crippen LogP contribution in [0.2, 0.25) is 0 Å². The standard InChI is InChI=1S/C20H22N4S/c1-13-7-8-17-16(11-13)19(14(2)21)23-20(22-17)24-9-10-25-18-6-4-3-5-15(18)12-24/h3-8,11,14H,9-10,12,21H2,1-2H3. The zero-order valence-corrected chi connectivity index (χ0v) is 15.4. The number of rotatable bonds is 2. The molecule has 128 valence electrons. The van der Waals surface area contributed by atoms with Gasteiger partial charge in [0.15, 0.2) is 0 Å². The highest BCUT2D eigenvalue weighted by Crippen LogP contribution is 2.30. The van der Waals surface area contributed by atoms with Gasteiger partial charge in [0.25, 0.3) is 0 Å². The number of benzene rings is 2. The molecule has 1 aromatic heterocycles. The minimum atomic E-state index is -0.125. The molecule has 4 nitrogen and oxygen atoms in total. The second-order valence-electron chi connectivity index (χ2n) is 6.60. The van der Waals surface area contributed by atoms with Gasteiger partial charge in [-0.3, -0.25) is 0 Å². The summed E-state index contributed by atoms with van der Waals surface area (Å²) in [5.41, 5.74) is 10.6. The molecule has 0 saturated heterocycles. The summed E-state index contributed by atoms with van der Waals surface area (Å²) >= 11 is 1.90. The third-order valence-corrected chi connectivity index (χ3v) is 5.63. The van der Waals surface area contributed by atoms with Gasteiger partial charge in [-0.15, -0.1) is 11.8 Å². The number of anilines is 1. The lowest BCUT2D eigenvalue weighted by Crippen LogP contribution is -2.27. The summed E-state index contributed by atoms with van der Waals surface area (Å²) in [6.45, 7) is 5.83. The van der Waals surface area contributed by atoms with Crippen LogP contribution in [0.3, 0.4) is 0 Å². The molecule has 5 heteroatoms. The summed E-state index contributed by atoms with van der Waals surface area (Å²) in [5.74, 6) is 1.81. The van der Waals surface area contributed by atoms with Crippen LogP contribution in [0.5, 0.6) is 0 Å². The van der Waals surface area contributed by atoms with E-state index in [9.17, 15) is 0 Å². The average molecular weight is 350 g/mol. The molecule has 0 saturated carbocycles. The first kappa shape index (κ1) is 16.4. The Balaban J connectivity index is 1.80. The topological polar surface area (TPSA) is 55.0 Å². The maximum absolute atomic E-state index is 6.22. The van der Waals surface area contributed by atoms with Crippen molar-refractivity contribution in [2.24, 2.45) is 5.73 Å². The Hall–Kier alpha value is -2.11. The van der Waals surface area contributed by atoms with Crippen molar-refractivity contribution in [3.05, 3.63) is 59.3 Å². The lowest BCUT2D eigenvalue weighted by molar-refractivity contribution is 0.755. The van der Waals surface area contributed by atoms with Crippen molar-refractivity contribution in [1.29, 1.82) is 0 Å². The summed E-state index contributed by atoms with van der Waals surface area (Å²) in [4.78, 5) is 13.3. The smallest absolute Gasteiger partial charge is 0.226 e. The van der Waals surface area contributed by atoms with Crippen molar-refractivity contribution in [2.45, 2.75) is 31.3 Å². The van der Waals surface area contributed by atoms with Gasteiger partial charge in [0.05, 0.1) is 11.2 Å². The molecule has 1 aliphatic rings. The number of aryl methyl sites for hydroxylation is 1. The summed E-state index contributed by atoms with van der Waals surface area (Å²) < 4.78 is 0. The minimum Gasteiger partial charge on any atom is -0.336 e. The molecule has 0 radical (unpaired) electrons. The van der Waals surface area contributed by atoms with Gasteiger partial charge in [0, 0.05) is 35.2 Å². The Labute approximate surface area is 152 Å². The number of nitrogens with two attached hydrogens (primary N) is 1. The molecule has 3 aromatic rings. The fraction of sp³-hybridized carbons (Fsp3) is 0.300. The Morgan fingerprint density at radius 2 is 2.00 bits per heavy atom. The van der Waals surface area contributed by atoms with E-state index in [2.05, 4.69) is 54.3 Å². The summed E-state index contributed by atoms with van der Waals surface area (Å²) in [6.07, 6.45) is 0. The van der Waals surface area contributed by atoms with Crippen LogP contribution < -0.4 is 10.6 Å². The molecule has 0 fully saturated rings. The number of hydrogen-bond donors (Lipinski definition) is 1. The zero-order chi connectivity index (χ0) is 17.4. The molecule has 1 atom stereocenters. The minimum absolute atomic E-state index is 0.125. The van der Waals surface area contributed by atoms with Crippen molar-refractivity contribution >= 4 is 28.6 Å². The summed E-state index contributed by atoms with van der Waals surface area (Å²) in [5, 5.41) is 1.06. The highest BCUT2D eigenvalue weighted by atomic mass is 32.2. The van der Waals surface area contributed by atoms with Gasteiger partial charge >= 0.3 is 0 Å². The van der Waals surface area contributed by atoms with Gasteiger partial charge < -0.3 is 10.6 Å². The Morgan fingerprint density at radius 3 is 2.84 bits per heavy atom. The Morgan fingerprint density at radius 1 is 1.16 bits per heavy atom. The molecule has 1 unspecified atom stereocenters. The normalized spacial score (nSPS) is 15.7. The van der Waals surface area contributed by atoms with Crippen LogP contribution in [0.4, 0.5) is 5.95 Å². The van der Waals surface area contributed by atoms with E-state index in [1.54, 1.807) is 0 Å². The average Bonchev–Trinajstić information content (AvgIpc) is 2.83. The molecule has 0 amide bonds. The highest BCUT2D eigenvalue weighted by molar-refractivity contribution is 7.99. The van der Waals surface area contributed by atoms with Crippen molar-refractivity contribution in [3.63, 3.8) is 0 Å². The lowest BCUT2D eigenvalue weighted by Gasteiger charge is -2.22. The Bertz CT molecular complexity index is 923. The molecule has 25 heavy (non-hydrogen) atoms. The third kappa shape index (κ3) is 3.22. The van der Waals surface area contributed by atoms with E-state index in [0.29, 0.717) is 0 Å². The van der Waals surface area contributed by atoms with E-state index in [-0.39, 0.29) is 6.04 Å². The van der Waals surface area contributed by atoms with Crippen molar-refractivity contribution < 1.29 is 0 Å². The molecule has 1 aliphatic heterocycles. The van der Waals surface area contributed by atoms with Crippen LogP contribution in [-0.4, -0.2) is 22.3 Å². The van der Waals surface area contributed by atoms with E-state index in [0.717, 1.165) is 41.4 Å². The fourth-order valence-electron chi connectivity index (χ4n) is 3.24. The number of aromatic nitrogens is 2. The Kier molecular flexibility index (Phi) is 4.36. The van der Waals surface area contributed by atoms with Crippen LogP contribution in [0.1, 0.15) is 29.8 Å². The third-order valence-electron chi connectivity index (χ3n) is 4.54. The largest absolute Gasteiger partial charge is 0.336 e. The SMILES string of the molecule is Cc1ccc2nc(N3CCSc4ccccc4C3)nc(C(C)N)c2c1. The van der Waals surface area contributed by atoms with E-state index < -0.39 is 0 Å². The predicted octanol–water partition coefficient (Wildman–Crippen LogP) is 4.07. The van der Waals surface area contributed by atoms with E-state index in [1.807, 2.05) is 18.7 Å². The van der Waals surface area contributed by atoms with E-state index in [1.165, 1.54) is 16.0 Å². The number of hydrogen-bond acceptors (Lipinski definition) is 5. The molecule has 2 N–H and O–H groups in total. The maximum Gasteiger partial charge on any atom is 0.226 e. The van der Waals surface area contributed by atoms with Gasteiger partial charge in [-0.2, -0.15) is 0 Å². The fourth-order valence-corrected chi connectivity index (χ4v) is 4.26. The van der Waals surface area contributed by atoms with Crippen LogP contribution in [0.25, 0.3) is 10.9 Å². The van der Waals surface area contributed by atoms with Crippen LogP contribution in [0.15, 0.2) is 47.4 Å². The molecule has 2 heterocycles. The molecule has 4 rings (SSSR count). The highest BCUT2D eigenvalue weighted by Gasteiger charge is 2.19. The summed E-state index contributed by atoms with van der Waals surface area (Å²) in [6, 6.07) is 14.8. The van der Waals surface area contributed by atoms with Gasteiger partial charge in [-0.25, -0.2) is 9.97 Å². The maximum atomic E-state index is 6.22. The second-order valence-corrected chi connectivity index (χ2v) is 7.73. The lowest BCUT2D eigenvalue weighted by atomic mass is 10.1. The van der Waals surface area contributed by atoms with E-state index in [4.69, 9.17) is 15.7 Å². The molecule has 0 spiro atoms. The molecular weight excluding hydrogens is 328 g/mol. The zero-order valence-electron chi connectivity index (χ0n) is 14.6. The molecule has 2 aromatic carbocycles.